The van der Waals surface area contributed by atoms with Crippen molar-refractivity contribution in [2.45, 2.75) is 26.4 Å². The molecule has 0 aliphatic carbocycles. The molecule has 0 unspecified atom stereocenters. The number of ether oxygens (including phenoxy) is 2. The zero-order valence-corrected chi connectivity index (χ0v) is 11.7. The van der Waals surface area contributed by atoms with E-state index in [2.05, 4.69) is 5.32 Å². The van der Waals surface area contributed by atoms with Gasteiger partial charge in [0.15, 0.2) is 0 Å². The number of non-ortho nitro benzene ring substituents is 1. The van der Waals surface area contributed by atoms with E-state index in [9.17, 15) is 10.1 Å². The van der Waals surface area contributed by atoms with Crippen LogP contribution in [0.4, 0.5) is 11.4 Å². The van der Waals surface area contributed by atoms with Crippen LogP contribution in [0.1, 0.15) is 20.8 Å². The van der Waals surface area contributed by atoms with Crippen LogP contribution in [0, 0.1) is 10.1 Å². The van der Waals surface area contributed by atoms with E-state index >= 15 is 0 Å². The smallest absolute Gasteiger partial charge is 0.275 e. The zero-order valence-electron chi connectivity index (χ0n) is 11.7. The van der Waals surface area contributed by atoms with Gasteiger partial charge in [-0.05, 0) is 20.8 Å². The summed E-state index contributed by atoms with van der Waals surface area (Å²) in [6, 6.07) is 4.57. The molecule has 0 radical (unpaired) electrons. The molecule has 0 spiro atoms. The Morgan fingerprint density at radius 3 is 2.47 bits per heavy atom. The average Bonchev–Trinajstić information content (AvgIpc) is 2.33. The summed E-state index contributed by atoms with van der Waals surface area (Å²) in [5.41, 5.74) is 0.418. The van der Waals surface area contributed by atoms with Gasteiger partial charge in [-0.2, -0.15) is 0 Å². The number of hydrogen-bond acceptors (Lipinski definition) is 5. The van der Waals surface area contributed by atoms with Crippen LogP contribution < -0.4 is 10.1 Å². The summed E-state index contributed by atoms with van der Waals surface area (Å²) in [4.78, 5) is 10.3. The van der Waals surface area contributed by atoms with Crippen LogP contribution in [0.15, 0.2) is 18.2 Å². The highest BCUT2D eigenvalue weighted by Crippen LogP contribution is 2.25. The van der Waals surface area contributed by atoms with Gasteiger partial charge in [0.1, 0.15) is 12.4 Å². The fourth-order valence-corrected chi connectivity index (χ4v) is 1.42. The molecule has 0 amide bonds. The van der Waals surface area contributed by atoms with Crippen molar-refractivity contribution in [1.29, 1.82) is 0 Å². The highest BCUT2D eigenvalue weighted by atomic mass is 16.6. The van der Waals surface area contributed by atoms with E-state index in [1.807, 2.05) is 20.8 Å². The molecule has 1 rings (SSSR count). The topological polar surface area (TPSA) is 73.6 Å². The van der Waals surface area contributed by atoms with Crippen molar-refractivity contribution in [2.75, 3.05) is 25.6 Å². The van der Waals surface area contributed by atoms with Crippen LogP contribution in [0.25, 0.3) is 0 Å². The van der Waals surface area contributed by atoms with Crippen molar-refractivity contribution in [1.82, 2.24) is 0 Å². The number of nitrogens with zero attached hydrogens (tertiary/aromatic N) is 1. The second kappa shape index (κ2) is 6.38. The monoisotopic (exact) mass is 268 g/mol. The van der Waals surface area contributed by atoms with E-state index in [1.54, 1.807) is 13.1 Å². The van der Waals surface area contributed by atoms with Crippen LogP contribution in [-0.2, 0) is 4.74 Å². The third kappa shape index (κ3) is 5.56. The average molecular weight is 268 g/mol. The molecule has 0 saturated carbocycles. The Kier molecular flexibility index (Phi) is 5.11. The quantitative estimate of drug-likeness (QED) is 0.488. The Hall–Kier alpha value is -1.82. The van der Waals surface area contributed by atoms with Crippen LogP contribution in [0.2, 0.25) is 0 Å². The van der Waals surface area contributed by atoms with E-state index in [0.717, 1.165) is 0 Å². The summed E-state index contributed by atoms with van der Waals surface area (Å²) in [5, 5.41) is 13.6. The summed E-state index contributed by atoms with van der Waals surface area (Å²) in [6.45, 7) is 6.65. The molecule has 0 fully saturated rings. The molecule has 6 nitrogen and oxygen atoms in total. The molecule has 0 bridgehead atoms. The van der Waals surface area contributed by atoms with Gasteiger partial charge >= 0.3 is 0 Å². The molecule has 0 aliphatic rings. The number of nitro groups is 1. The molecule has 0 atom stereocenters. The molecule has 1 aromatic carbocycles. The largest absolute Gasteiger partial charge is 0.491 e. The first-order chi connectivity index (χ1) is 8.81. The summed E-state index contributed by atoms with van der Waals surface area (Å²) < 4.78 is 11.0. The number of benzene rings is 1. The number of nitrogens with one attached hydrogen (secondary N) is 1. The first-order valence-electron chi connectivity index (χ1n) is 6.06. The lowest BCUT2D eigenvalue weighted by molar-refractivity contribution is -0.384. The Balaban J connectivity index is 2.62. The fourth-order valence-electron chi connectivity index (χ4n) is 1.42. The molecule has 0 heterocycles. The number of hydrogen-bond donors (Lipinski definition) is 1. The van der Waals surface area contributed by atoms with Gasteiger partial charge in [0.05, 0.1) is 23.2 Å². The molecular weight excluding hydrogens is 248 g/mol. The molecule has 0 aliphatic heterocycles. The van der Waals surface area contributed by atoms with Gasteiger partial charge in [-0.1, -0.05) is 0 Å². The molecule has 1 N–H and O–H groups in total. The molecule has 1 aromatic rings. The first-order valence-corrected chi connectivity index (χ1v) is 6.06. The van der Waals surface area contributed by atoms with Gasteiger partial charge in [0, 0.05) is 24.9 Å². The maximum absolute atomic E-state index is 10.8. The lowest BCUT2D eigenvalue weighted by Crippen LogP contribution is -2.22. The van der Waals surface area contributed by atoms with E-state index in [0.29, 0.717) is 24.7 Å². The molecule has 106 valence electrons. The predicted molar refractivity (Wildman–Crippen MR) is 73.8 cm³/mol. The van der Waals surface area contributed by atoms with Crippen LogP contribution in [-0.4, -0.2) is 30.8 Å². The van der Waals surface area contributed by atoms with Crippen molar-refractivity contribution in [3.05, 3.63) is 28.3 Å². The van der Waals surface area contributed by atoms with Crippen molar-refractivity contribution in [3.8, 4) is 5.75 Å². The second-order valence-electron chi connectivity index (χ2n) is 5.03. The highest BCUT2D eigenvalue weighted by Gasteiger charge is 2.11. The minimum absolute atomic E-state index is 0.00131. The van der Waals surface area contributed by atoms with Gasteiger partial charge < -0.3 is 14.8 Å². The number of rotatable bonds is 6. The van der Waals surface area contributed by atoms with E-state index < -0.39 is 4.92 Å². The van der Waals surface area contributed by atoms with Crippen LogP contribution in [0.3, 0.4) is 0 Å². The van der Waals surface area contributed by atoms with Gasteiger partial charge in [-0.15, -0.1) is 0 Å². The molecule has 6 heteroatoms. The molecule has 19 heavy (non-hydrogen) atoms. The zero-order chi connectivity index (χ0) is 14.5. The Morgan fingerprint density at radius 2 is 1.95 bits per heavy atom. The third-order valence-corrected chi connectivity index (χ3v) is 2.28. The van der Waals surface area contributed by atoms with Crippen molar-refractivity contribution in [2.24, 2.45) is 0 Å². The van der Waals surface area contributed by atoms with E-state index in [-0.39, 0.29) is 11.3 Å². The SMILES string of the molecule is CNc1cc(OCCOC(C)(C)C)cc([N+](=O)[O-])c1. The minimum Gasteiger partial charge on any atom is -0.491 e. The minimum atomic E-state index is -0.445. The van der Waals surface area contributed by atoms with Gasteiger partial charge in [0.25, 0.3) is 5.69 Å². The van der Waals surface area contributed by atoms with Crippen molar-refractivity contribution >= 4 is 11.4 Å². The summed E-state index contributed by atoms with van der Waals surface area (Å²) in [5.74, 6) is 0.455. The normalized spacial score (nSPS) is 11.2. The maximum atomic E-state index is 10.8. The fraction of sp³-hybridized carbons (Fsp3) is 0.538. The van der Waals surface area contributed by atoms with Gasteiger partial charge in [-0.25, -0.2) is 0 Å². The summed E-state index contributed by atoms with van der Waals surface area (Å²) in [7, 11) is 1.70. The standard InChI is InChI=1S/C13H20N2O4/c1-13(2,3)19-6-5-18-12-8-10(14-4)7-11(9-12)15(16)17/h7-9,14H,5-6H2,1-4H3. The second-order valence-corrected chi connectivity index (χ2v) is 5.03. The van der Waals surface area contributed by atoms with Crippen molar-refractivity contribution < 1.29 is 14.4 Å². The first kappa shape index (κ1) is 15.2. The van der Waals surface area contributed by atoms with Gasteiger partial charge in [-0.3, -0.25) is 10.1 Å². The van der Waals surface area contributed by atoms with E-state index in [1.165, 1.54) is 12.1 Å². The Bertz CT molecular complexity index is 441. The predicted octanol–water partition coefficient (Wildman–Crippen LogP) is 2.83. The van der Waals surface area contributed by atoms with Crippen molar-refractivity contribution in [3.63, 3.8) is 0 Å². The van der Waals surface area contributed by atoms with Crippen LogP contribution in [0.5, 0.6) is 5.75 Å². The lowest BCUT2D eigenvalue weighted by atomic mass is 10.2. The maximum Gasteiger partial charge on any atom is 0.275 e. The van der Waals surface area contributed by atoms with E-state index in [4.69, 9.17) is 9.47 Å². The lowest BCUT2D eigenvalue weighted by Gasteiger charge is -2.19. The molecule has 0 aromatic heterocycles. The number of nitro benzene ring substituents is 1. The number of anilines is 1. The molecule has 0 saturated heterocycles. The highest BCUT2D eigenvalue weighted by molar-refractivity contribution is 5.55. The Labute approximate surface area is 112 Å². The summed E-state index contributed by atoms with van der Waals surface area (Å²) in [6.07, 6.45) is 0. The summed E-state index contributed by atoms with van der Waals surface area (Å²) >= 11 is 0. The van der Waals surface area contributed by atoms with Gasteiger partial charge in [0.2, 0.25) is 0 Å². The molecular formula is C13H20N2O4. The Morgan fingerprint density at radius 1 is 1.26 bits per heavy atom. The van der Waals surface area contributed by atoms with Crippen LogP contribution >= 0.6 is 0 Å². The third-order valence-electron chi connectivity index (χ3n) is 2.28.